The number of amides is 4. The fraction of sp³-hybridized carbons (Fsp3) is 0.565. The molecule has 0 aromatic carbocycles. The second kappa shape index (κ2) is 12.7. The maximum absolute atomic E-state index is 13.2. The third kappa shape index (κ3) is 7.70. The molecule has 0 aromatic rings. The molecule has 1 aliphatic heterocycles. The van der Waals surface area contributed by atoms with Crippen LogP contribution in [-0.2, 0) is 19.2 Å². The first-order valence-corrected chi connectivity index (χ1v) is 10.7. The average molecular weight is 433 g/mol. The fourth-order valence-corrected chi connectivity index (χ4v) is 3.38. The molecule has 0 aliphatic carbocycles. The molecule has 1 fully saturated rings. The summed E-state index contributed by atoms with van der Waals surface area (Å²) in [5.74, 6) is -1.45. The molecule has 0 bridgehead atoms. The van der Waals surface area contributed by atoms with E-state index in [1.54, 1.807) is 39.2 Å². The number of nitrogens with zero attached hydrogens (tertiary/aromatic N) is 2. The monoisotopic (exact) mass is 432 g/mol. The number of carbonyl (C=O) groups excluding carboxylic acids is 4. The van der Waals surface area contributed by atoms with Crippen LogP contribution in [0.4, 0.5) is 0 Å². The van der Waals surface area contributed by atoms with E-state index in [1.165, 1.54) is 15.9 Å². The lowest BCUT2D eigenvalue weighted by molar-refractivity contribution is -0.150. The smallest absolute Gasteiger partial charge is 0.246 e. The van der Waals surface area contributed by atoms with Crippen molar-refractivity contribution in [3.63, 3.8) is 0 Å². The van der Waals surface area contributed by atoms with Crippen LogP contribution in [0.25, 0.3) is 0 Å². The van der Waals surface area contributed by atoms with Gasteiger partial charge in [-0.2, -0.15) is 0 Å². The first kappa shape index (κ1) is 26.1. The lowest BCUT2D eigenvalue weighted by atomic mass is 9.98. The van der Waals surface area contributed by atoms with Crippen molar-refractivity contribution in [3.05, 3.63) is 36.5 Å². The van der Waals surface area contributed by atoms with Gasteiger partial charge in [-0.05, 0) is 32.6 Å². The van der Waals surface area contributed by atoms with Crippen molar-refractivity contribution in [2.24, 2.45) is 5.92 Å². The van der Waals surface area contributed by atoms with Crippen LogP contribution < -0.4 is 10.6 Å². The zero-order chi connectivity index (χ0) is 23.6. The van der Waals surface area contributed by atoms with Crippen molar-refractivity contribution >= 4 is 23.6 Å². The highest BCUT2D eigenvalue weighted by Gasteiger charge is 2.37. The van der Waals surface area contributed by atoms with Gasteiger partial charge in [0.05, 0.1) is 0 Å². The maximum atomic E-state index is 13.2. The summed E-state index contributed by atoms with van der Waals surface area (Å²) >= 11 is 0. The van der Waals surface area contributed by atoms with E-state index in [0.717, 1.165) is 0 Å². The molecule has 1 saturated heterocycles. The van der Waals surface area contributed by atoms with Crippen LogP contribution in [-0.4, -0.2) is 72.2 Å². The van der Waals surface area contributed by atoms with Gasteiger partial charge in [0.2, 0.25) is 23.6 Å². The number of rotatable bonds is 5. The Morgan fingerprint density at radius 2 is 1.71 bits per heavy atom. The molecule has 1 aliphatic rings. The molecule has 3 unspecified atom stereocenters. The third-order valence-electron chi connectivity index (χ3n) is 5.31. The molecular formula is C23H36N4O4. The summed E-state index contributed by atoms with van der Waals surface area (Å²) in [7, 11) is 3.14. The SMILES string of the molecule is CC=CC=CC=CC(=O)NC1CCCNC(=O)C(C)N(C)C(=O)C(C(C)C)N(C)C1=O. The zero-order valence-electron chi connectivity index (χ0n) is 19.4. The molecule has 0 spiro atoms. The number of likely N-dealkylation sites (N-methyl/N-ethyl adjacent to an activating group) is 2. The summed E-state index contributed by atoms with van der Waals surface area (Å²) < 4.78 is 0. The third-order valence-corrected chi connectivity index (χ3v) is 5.31. The molecule has 1 heterocycles. The summed E-state index contributed by atoms with van der Waals surface area (Å²) in [5, 5.41) is 5.54. The van der Waals surface area contributed by atoms with Crippen LogP contribution in [0.3, 0.4) is 0 Å². The second-order valence-electron chi connectivity index (χ2n) is 8.03. The normalized spacial score (nSPS) is 24.7. The molecule has 172 valence electrons. The largest absolute Gasteiger partial charge is 0.354 e. The molecule has 4 amide bonds. The van der Waals surface area contributed by atoms with Crippen LogP contribution in [0, 0.1) is 5.92 Å². The molecular weight excluding hydrogens is 396 g/mol. The molecule has 3 atom stereocenters. The van der Waals surface area contributed by atoms with Gasteiger partial charge < -0.3 is 20.4 Å². The Labute approximate surface area is 185 Å². The lowest BCUT2D eigenvalue weighted by Crippen LogP contribution is -2.59. The number of nitrogens with one attached hydrogen (secondary N) is 2. The molecule has 0 aromatic heterocycles. The minimum atomic E-state index is -0.797. The van der Waals surface area contributed by atoms with Gasteiger partial charge in [0.1, 0.15) is 18.1 Å². The molecule has 8 heteroatoms. The van der Waals surface area contributed by atoms with Gasteiger partial charge >= 0.3 is 0 Å². The van der Waals surface area contributed by atoms with E-state index in [9.17, 15) is 19.2 Å². The molecule has 8 nitrogen and oxygen atoms in total. The summed E-state index contributed by atoms with van der Waals surface area (Å²) in [6.07, 6.45) is 11.0. The van der Waals surface area contributed by atoms with E-state index in [-0.39, 0.29) is 23.6 Å². The number of allylic oxidation sites excluding steroid dienone is 5. The van der Waals surface area contributed by atoms with Crippen LogP contribution in [0.5, 0.6) is 0 Å². The molecule has 1 rings (SSSR count). The van der Waals surface area contributed by atoms with Gasteiger partial charge in [0, 0.05) is 26.7 Å². The van der Waals surface area contributed by atoms with Crippen molar-refractivity contribution in [3.8, 4) is 0 Å². The van der Waals surface area contributed by atoms with E-state index in [2.05, 4.69) is 10.6 Å². The van der Waals surface area contributed by atoms with Crippen LogP contribution in [0.1, 0.15) is 40.5 Å². The zero-order valence-corrected chi connectivity index (χ0v) is 19.4. The van der Waals surface area contributed by atoms with Crippen LogP contribution in [0.15, 0.2) is 36.5 Å². The highest BCUT2D eigenvalue weighted by atomic mass is 16.2. The Hall–Kier alpha value is -2.90. The number of hydrogen-bond donors (Lipinski definition) is 2. The highest BCUT2D eigenvalue weighted by Crippen LogP contribution is 2.17. The lowest BCUT2D eigenvalue weighted by Gasteiger charge is -2.37. The Morgan fingerprint density at radius 3 is 2.32 bits per heavy atom. The summed E-state index contributed by atoms with van der Waals surface area (Å²) in [5.41, 5.74) is 0. The Bertz CT molecular complexity index is 742. The molecule has 31 heavy (non-hydrogen) atoms. The van der Waals surface area contributed by atoms with Gasteiger partial charge in [-0.1, -0.05) is 44.2 Å². The first-order valence-electron chi connectivity index (χ1n) is 10.7. The van der Waals surface area contributed by atoms with Crippen LogP contribution in [0.2, 0.25) is 0 Å². The first-order chi connectivity index (χ1) is 14.6. The van der Waals surface area contributed by atoms with E-state index in [4.69, 9.17) is 0 Å². The summed E-state index contributed by atoms with van der Waals surface area (Å²) in [4.78, 5) is 53.8. The van der Waals surface area contributed by atoms with E-state index < -0.39 is 24.0 Å². The topological polar surface area (TPSA) is 98.8 Å². The number of hydrogen-bond acceptors (Lipinski definition) is 4. The maximum Gasteiger partial charge on any atom is 0.246 e. The van der Waals surface area contributed by atoms with Crippen molar-refractivity contribution in [1.29, 1.82) is 0 Å². The minimum Gasteiger partial charge on any atom is -0.354 e. The van der Waals surface area contributed by atoms with Gasteiger partial charge in [-0.15, -0.1) is 0 Å². The van der Waals surface area contributed by atoms with Gasteiger partial charge in [-0.25, -0.2) is 0 Å². The Kier molecular flexibility index (Phi) is 10.7. The van der Waals surface area contributed by atoms with Crippen molar-refractivity contribution < 1.29 is 19.2 Å². The standard InChI is InChI=1S/C23H36N4O4/c1-7-8-9-10-11-14-19(28)25-18-13-12-15-24-21(29)17(4)26(5)23(31)20(16(2)3)27(6)22(18)30/h7-11,14,16-18,20H,12-13,15H2,1-6H3,(H,24,29)(H,25,28). The van der Waals surface area contributed by atoms with Crippen LogP contribution >= 0.6 is 0 Å². The molecule has 0 saturated carbocycles. The highest BCUT2D eigenvalue weighted by molar-refractivity contribution is 5.96. The van der Waals surface area contributed by atoms with Crippen molar-refractivity contribution in [2.75, 3.05) is 20.6 Å². The van der Waals surface area contributed by atoms with Crippen molar-refractivity contribution in [2.45, 2.75) is 58.7 Å². The fourth-order valence-electron chi connectivity index (χ4n) is 3.38. The minimum absolute atomic E-state index is 0.171. The second-order valence-corrected chi connectivity index (χ2v) is 8.03. The average Bonchev–Trinajstić information content (AvgIpc) is 2.72. The molecule has 0 radical (unpaired) electrons. The van der Waals surface area contributed by atoms with E-state index in [1.807, 2.05) is 32.9 Å². The Morgan fingerprint density at radius 1 is 1.06 bits per heavy atom. The number of carbonyl (C=O) groups is 4. The van der Waals surface area contributed by atoms with Gasteiger partial charge in [0.25, 0.3) is 0 Å². The quantitative estimate of drug-likeness (QED) is 0.507. The van der Waals surface area contributed by atoms with Gasteiger partial charge in [-0.3, -0.25) is 19.2 Å². The predicted octanol–water partition coefficient (Wildman–Crippen LogP) is 1.40. The van der Waals surface area contributed by atoms with E-state index in [0.29, 0.717) is 19.4 Å². The Balaban J connectivity index is 3.11. The van der Waals surface area contributed by atoms with Gasteiger partial charge in [0.15, 0.2) is 0 Å². The van der Waals surface area contributed by atoms with E-state index >= 15 is 0 Å². The molecule has 2 N–H and O–H groups in total. The summed E-state index contributed by atoms with van der Waals surface area (Å²) in [6.45, 7) is 7.61. The summed E-state index contributed by atoms with van der Waals surface area (Å²) in [6, 6.07) is -2.19. The predicted molar refractivity (Wildman–Crippen MR) is 121 cm³/mol. The van der Waals surface area contributed by atoms with Crippen molar-refractivity contribution in [1.82, 2.24) is 20.4 Å².